The maximum absolute atomic E-state index is 13.5. The number of benzene rings is 1. The zero-order valence-electron chi connectivity index (χ0n) is 9.44. The van der Waals surface area contributed by atoms with Crippen LogP contribution in [0.2, 0.25) is 0 Å². The van der Waals surface area contributed by atoms with Crippen LogP contribution in [-0.2, 0) is 0 Å². The lowest BCUT2D eigenvalue weighted by Crippen LogP contribution is -2.06. The first-order chi connectivity index (χ1) is 7.99. The summed E-state index contributed by atoms with van der Waals surface area (Å²) < 4.78 is 15.1. The summed E-state index contributed by atoms with van der Waals surface area (Å²) in [7, 11) is 0. The highest BCUT2D eigenvalue weighted by Crippen LogP contribution is 2.18. The third kappa shape index (κ3) is 2.04. The minimum atomic E-state index is -1.28. The highest BCUT2D eigenvalue weighted by molar-refractivity contribution is 5.89. The summed E-state index contributed by atoms with van der Waals surface area (Å²) in [5.74, 6) is -1.98. The van der Waals surface area contributed by atoms with Gasteiger partial charge in [0.25, 0.3) is 0 Å². The third-order valence-corrected chi connectivity index (χ3v) is 2.46. The van der Waals surface area contributed by atoms with Gasteiger partial charge in [0.15, 0.2) is 0 Å². The topological polar surface area (TPSA) is 55.1 Å². The zero-order chi connectivity index (χ0) is 12.6. The molecule has 1 heterocycles. The second kappa shape index (κ2) is 4.01. The Hall–Kier alpha value is -2.17. The zero-order valence-corrected chi connectivity index (χ0v) is 9.44. The van der Waals surface area contributed by atoms with Crippen LogP contribution in [0.5, 0.6) is 0 Å². The molecule has 0 spiro atoms. The van der Waals surface area contributed by atoms with E-state index in [1.54, 1.807) is 18.3 Å². The van der Waals surface area contributed by atoms with Gasteiger partial charge in [-0.05, 0) is 37.6 Å². The first-order valence-corrected chi connectivity index (χ1v) is 5.05. The number of nitrogens with zero attached hydrogens (tertiary/aromatic N) is 2. The lowest BCUT2D eigenvalue weighted by atomic mass is 10.1. The van der Waals surface area contributed by atoms with Crippen molar-refractivity contribution in [2.24, 2.45) is 0 Å². The molecule has 5 heteroatoms. The molecule has 0 fully saturated rings. The van der Waals surface area contributed by atoms with Gasteiger partial charge in [-0.15, -0.1) is 0 Å². The summed E-state index contributed by atoms with van der Waals surface area (Å²) in [6, 6.07) is 4.63. The molecule has 1 aromatic carbocycles. The summed E-state index contributed by atoms with van der Waals surface area (Å²) in [5.41, 5.74) is 1.29. The molecule has 1 aromatic heterocycles. The molecule has 0 saturated heterocycles. The van der Waals surface area contributed by atoms with Crippen LogP contribution in [-0.4, -0.2) is 20.9 Å². The Balaban J connectivity index is 2.60. The second-order valence-corrected chi connectivity index (χ2v) is 3.83. The van der Waals surface area contributed by atoms with Crippen molar-refractivity contribution >= 4 is 5.97 Å². The van der Waals surface area contributed by atoms with Gasteiger partial charge in [0.1, 0.15) is 5.82 Å². The molecule has 0 unspecified atom stereocenters. The van der Waals surface area contributed by atoms with E-state index in [2.05, 4.69) is 5.10 Å². The van der Waals surface area contributed by atoms with Crippen LogP contribution >= 0.6 is 0 Å². The van der Waals surface area contributed by atoms with Crippen molar-refractivity contribution in [2.75, 3.05) is 0 Å². The first kappa shape index (κ1) is 11.3. The average Bonchev–Trinajstić information content (AvgIpc) is 2.68. The quantitative estimate of drug-likeness (QED) is 0.867. The standard InChI is InChI=1S/C12H11FN2O2/c1-7-5-9(15-4-3-8(2)14-15)6-10(11(7)13)12(16)17/h3-6H,1-2H3,(H,16,17). The van der Waals surface area contributed by atoms with Gasteiger partial charge in [-0.2, -0.15) is 5.10 Å². The molecule has 0 aliphatic carbocycles. The maximum Gasteiger partial charge on any atom is 0.338 e. The summed E-state index contributed by atoms with van der Waals surface area (Å²) in [5, 5.41) is 13.1. The number of carboxylic acid groups (broad SMARTS) is 1. The predicted octanol–water partition coefficient (Wildman–Crippen LogP) is 2.33. The van der Waals surface area contributed by atoms with Crippen LogP contribution in [0.1, 0.15) is 21.6 Å². The van der Waals surface area contributed by atoms with Crippen LogP contribution in [0.15, 0.2) is 24.4 Å². The molecule has 1 N–H and O–H groups in total. The van der Waals surface area contributed by atoms with Crippen molar-refractivity contribution in [2.45, 2.75) is 13.8 Å². The molecule has 0 bridgehead atoms. The average molecular weight is 234 g/mol. The molecule has 17 heavy (non-hydrogen) atoms. The molecule has 0 saturated carbocycles. The number of rotatable bonds is 2. The molecule has 0 radical (unpaired) electrons. The van der Waals surface area contributed by atoms with E-state index in [-0.39, 0.29) is 11.1 Å². The fraction of sp³-hybridized carbons (Fsp3) is 0.167. The Morgan fingerprint density at radius 3 is 2.65 bits per heavy atom. The third-order valence-electron chi connectivity index (χ3n) is 2.46. The van der Waals surface area contributed by atoms with Crippen molar-refractivity contribution in [3.05, 3.63) is 47.0 Å². The number of aromatic carboxylic acids is 1. The van der Waals surface area contributed by atoms with Gasteiger partial charge in [-0.1, -0.05) is 0 Å². The molecule has 88 valence electrons. The van der Waals surface area contributed by atoms with E-state index in [0.29, 0.717) is 5.69 Å². The normalized spacial score (nSPS) is 10.5. The SMILES string of the molecule is Cc1ccn(-c2cc(C)c(F)c(C(=O)O)c2)n1. The van der Waals surface area contributed by atoms with E-state index in [9.17, 15) is 9.18 Å². The number of hydrogen-bond acceptors (Lipinski definition) is 2. The Kier molecular flexibility index (Phi) is 2.67. The van der Waals surface area contributed by atoms with Crippen molar-refractivity contribution in [1.82, 2.24) is 9.78 Å². The van der Waals surface area contributed by atoms with E-state index >= 15 is 0 Å². The van der Waals surface area contributed by atoms with Crippen LogP contribution in [0, 0.1) is 19.7 Å². The van der Waals surface area contributed by atoms with E-state index in [1.807, 2.05) is 6.92 Å². The van der Waals surface area contributed by atoms with Crippen LogP contribution < -0.4 is 0 Å². The largest absolute Gasteiger partial charge is 0.478 e. The fourth-order valence-electron chi connectivity index (χ4n) is 1.60. The Morgan fingerprint density at radius 2 is 2.12 bits per heavy atom. The molecule has 4 nitrogen and oxygen atoms in total. The highest BCUT2D eigenvalue weighted by Gasteiger charge is 2.15. The van der Waals surface area contributed by atoms with Crippen molar-refractivity contribution in [1.29, 1.82) is 0 Å². The van der Waals surface area contributed by atoms with Gasteiger partial charge in [-0.25, -0.2) is 13.9 Å². The van der Waals surface area contributed by atoms with Crippen LogP contribution in [0.4, 0.5) is 4.39 Å². The maximum atomic E-state index is 13.5. The van der Waals surface area contributed by atoms with Crippen LogP contribution in [0.3, 0.4) is 0 Å². The van der Waals surface area contributed by atoms with Gasteiger partial charge >= 0.3 is 5.97 Å². The van der Waals surface area contributed by atoms with E-state index in [0.717, 1.165) is 5.69 Å². The number of aromatic nitrogens is 2. The Labute approximate surface area is 97.3 Å². The molecule has 0 aliphatic heterocycles. The van der Waals surface area contributed by atoms with Gasteiger partial charge in [0.2, 0.25) is 0 Å². The predicted molar refractivity (Wildman–Crippen MR) is 60.0 cm³/mol. The highest BCUT2D eigenvalue weighted by atomic mass is 19.1. The molecular formula is C12H11FN2O2. The van der Waals surface area contributed by atoms with Crippen LogP contribution in [0.25, 0.3) is 5.69 Å². The second-order valence-electron chi connectivity index (χ2n) is 3.83. The van der Waals surface area contributed by atoms with E-state index in [4.69, 9.17) is 5.11 Å². The summed E-state index contributed by atoms with van der Waals surface area (Å²) in [6.45, 7) is 3.35. The molecule has 0 aliphatic rings. The summed E-state index contributed by atoms with van der Waals surface area (Å²) in [6.07, 6.45) is 1.70. The number of carboxylic acids is 1. The molecule has 2 aromatic rings. The van der Waals surface area contributed by atoms with Gasteiger partial charge < -0.3 is 5.11 Å². The lowest BCUT2D eigenvalue weighted by molar-refractivity contribution is 0.0691. The Morgan fingerprint density at radius 1 is 1.41 bits per heavy atom. The number of halogens is 1. The van der Waals surface area contributed by atoms with Crippen molar-refractivity contribution in [3.63, 3.8) is 0 Å². The minimum absolute atomic E-state index is 0.285. The molecule has 0 atom stereocenters. The molecule has 2 rings (SSSR count). The fourth-order valence-corrected chi connectivity index (χ4v) is 1.60. The van der Waals surface area contributed by atoms with E-state index < -0.39 is 11.8 Å². The minimum Gasteiger partial charge on any atom is -0.478 e. The number of hydrogen-bond donors (Lipinski definition) is 1. The number of aryl methyl sites for hydroxylation is 2. The first-order valence-electron chi connectivity index (χ1n) is 5.05. The Bertz CT molecular complexity index is 590. The summed E-state index contributed by atoms with van der Waals surface area (Å²) >= 11 is 0. The van der Waals surface area contributed by atoms with Crippen molar-refractivity contribution < 1.29 is 14.3 Å². The smallest absolute Gasteiger partial charge is 0.338 e. The molecular weight excluding hydrogens is 223 g/mol. The van der Waals surface area contributed by atoms with Gasteiger partial charge in [0, 0.05) is 6.20 Å². The lowest BCUT2D eigenvalue weighted by Gasteiger charge is -2.07. The number of carbonyl (C=O) groups is 1. The van der Waals surface area contributed by atoms with E-state index in [1.165, 1.54) is 17.7 Å². The van der Waals surface area contributed by atoms with Gasteiger partial charge in [-0.3, -0.25) is 0 Å². The van der Waals surface area contributed by atoms with Gasteiger partial charge in [0.05, 0.1) is 16.9 Å². The molecule has 0 amide bonds. The monoisotopic (exact) mass is 234 g/mol. The summed E-state index contributed by atoms with van der Waals surface area (Å²) in [4.78, 5) is 10.9. The van der Waals surface area contributed by atoms with Crippen molar-refractivity contribution in [3.8, 4) is 5.69 Å².